The summed E-state index contributed by atoms with van der Waals surface area (Å²) in [6.45, 7) is 5.87. The van der Waals surface area contributed by atoms with Crippen molar-refractivity contribution < 1.29 is 19.1 Å². The molecule has 6 rings (SSSR count). The fraction of sp³-hybridized carbons (Fsp3) is 0.529. The number of rotatable bonds is 0. The maximum absolute atomic E-state index is 12.4. The van der Waals surface area contributed by atoms with Gasteiger partial charge in [-0.15, -0.1) is 0 Å². The summed E-state index contributed by atoms with van der Waals surface area (Å²) in [6, 6.07) is 5.11. The van der Waals surface area contributed by atoms with E-state index in [2.05, 4.69) is 0 Å². The highest BCUT2D eigenvalue weighted by atomic mass is 16.5. The summed E-state index contributed by atoms with van der Waals surface area (Å²) in [7, 11) is 0. The van der Waals surface area contributed by atoms with Gasteiger partial charge in [0.25, 0.3) is 0 Å². The van der Waals surface area contributed by atoms with Crippen molar-refractivity contribution in [3.05, 3.63) is 23.8 Å². The SMILES string of the molecule is Cc1cc2ccc1OC(=O)[C@@H]1CC(C)C(C[C@H]1C)C(=O)O2. The van der Waals surface area contributed by atoms with Crippen molar-refractivity contribution in [2.75, 3.05) is 0 Å². The molecule has 0 spiro atoms. The van der Waals surface area contributed by atoms with Crippen molar-refractivity contribution in [3.63, 3.8) is 0 Å². The molecule has 4 heteroatoms. The Bertz CT molecular complexity index is 592. The Hall–Kier alpha value is -1.84. The summed E-state index contributed by atoms with van der Waals surface area (Å²) < 4.78 is 11.1. The average Bonchev–Trinajstić information content (AvgIpc) is 2.42. The molecule has 2 unspecified atom stereocenters. The summed E-state index contributed by atoms with van der Waals surface area (Å²) in [4.78, 5) is 24.8. The summed E-state index contributed by atoms with van der Waals surface area (Å²) in [5.74, 6) is 0.645. The smallest absolute Gasteiger partial charge is 0.314 e. The Balaban J connectivity index is 2.04. The third-order valence-electron chi connectivity index (χ3n) is 4.81. The van der Waals surface area contributed by atoms with E-state index in [0.29, 0.717) is 24.3 Å². The number of esters is 2. The predicted octanol–water partition coefficient (Wildman–Crippen LogP) is 3.12. The molecule has 0 aromatic heterocycles. The van der Waals surface area contributed by atoms with E-state index in [9.17, 15) is 9.59 Å². The van der Waals surface area contributed by atoms with E-state index in [0.717, 1.165) is 5.56 Å². The largest absolute Gasteiger partial charge is 0.426 e. The van der Waals surface area contributed by atoms with Gasteiger partial charge >= 0.3 is 11.9 Å². The number of benzene rings is 1. The molecular formula is C17H20O4. The van der Waals surface area contributed by atoms with Crippen LogP contribution >= 0.6 is 0 Å². The first kappa shape index (κ1) is 14.1. The lowest BCUT2D eigenvalue weighted by molar-refractivity contribution is -0.150. The molecular weight excluding hydrogens is 268 g/mol. The van der Waals surface area contributed by atoms with Crippen LogP contribution in [-0.2, 0) is 9.59 Å². The first-order valence-corrected chi connectivity index (χ1v) is 7.49. The highest BCUT2D eigenvalue weighted by Gasteiger charge is 2.41. The Morgan fingerprint density at radius 1 is 0.952 bits per heavy atom. The molecule has 1 aromatic rings. The van der Waals surface area contributed by atoms with Crippen LogP contribution in [0.5, 0.6) is 11.5 Å². The molecule has 4 bridgehead atoms. The summed E-state index contributed by atoms with van der Waals surface area (Å²) in [5, 5.41) is 0. The van der Waals surface area contributed by atoms with Gasteiger partial charge < -0.3 is 9.47 Å². The standard InChI is InChI=1S/C17H20O4/c1-9-8-14-10(2)7-13(9)16(18)20-12-4-5-15(11(3)6-12)21-17(14)19/h4-6,9-10,13-14H,7-8H2,1-3H3/t9?,10-,13?,14-/m1/s1. The minimum Gasteiger partial charge on any atom is -0.426 e. The van der Waals surface area contributed by atoms with Crippen molar-refractivity contribution >= 4 is 11.9 Å². The normalized spacial score (nSPS) is 32.1. The van der Waals surface area contributed by atoms with Crippen LogP contribution in [-0.4, -0.2) is 11.9 Å². The molecule has 5 aliphatic rings. The highest BCUT2D eigenvalue weighted by molar-refractivity contribution is 5.79. The molecule has 0 radical (unpaired) electrons. The van der Waals surface area contributed by atoms with E-state index in [1.54, 1.807) is 18.2 Å². The molecule has 112 valence electrons. The zero-order valence-corrected chi connectivity index (χ0v) is 12.6. The van der Waals surface area contributed by atoms with E-state index < -0.39 is 0 Å². The van der Waals surface area contributed by atoms with E-state index in [1.165, 1.54) is 0 Å². The second-order valence-corrected chi connectivity index (χ2v) is 6.41. The topological polar surface area (TPSA) is 52.6 Å². The maximum atomic E-state index is 12.4. The molecule has 1 aliphatic carbocycles. The molecule has 21 heavy (non-hydrogen) atoms. The van der Waals surface area contributed by atoms with Crippen LogP contribution in [0.4, 0.5) is 0 Å². The molecule has 0 amide bonds. The summed E-state index contributed by atoms with van der Waals surface area (Å²) in [5.41, 5.74) is 0.797. The van der Waals surface area contributed by atoms with Crippen LogP contribution in [0.25, 0.3) is 0 Å². The van der Waals surface area contributed by atoms with Gasteiger partial charge in [-0.25, -0.2) is 0 Å². The Morgan fingerprint density at radius 2 is 1.52 bits per heavy atom. The lowest BCUT2D eigenvalue weighted by Gasteiger charge is -2.36. The van der Waals surface area contributed by atoms with Crippen molar-refractivity contribution in [2.45, 2.75) is 33.6 Å². The quantitative estimate of drug-likeness (QED) is 0.543. The Labute approximate surface area is 124 Å². The number of hydrogen-bond donors (Lipinski definition) is 0. The van der Waals surface area contributed by atoms with Crippen molar-refractivity contribution in [2.24, 2.45) is 23.7 Å². The second kappa shape index (κ2) is 5.17. The predicted molar refractivity (Wildman–Crippen MR) is 77.0 cm³/mol. The Kier molecular flexibility index (Phi) is 3.47. The lowest BCUT2D eigenvalue weighted by Crippen LogP contribution is -2.40. The second-order valence-electron chi connectivity index (χ2n) is 6.41. The van der Waals surface area contributed by atoms with Crippen molar-refractivity contribution in [3.8, 4) is 11.5 Å². The summed E-state index contributed by atoms with van der Waals surface area (Å²) >= 11 is 0. The summed E-state index contributed by atoms with van der Waals surface area (Å²) in [6.07, 6.45) is 1.35. The van der Waals surface area contributed by atoms with E-state index in [-0.39, 0.29) is 35.6 Å². The number of carbonyl (C=O) groups excluding carboxylic acids is 2. The monoisotopic (exact) mass is 288 g/mol. The number of ether oxygens (including phenoxy) is 2. The fourth-order valence-corrected chi connectivity index (χ4v) is 3.43. The molecule has 0 N–H and O–H groups in total. The van der Waals surface area contributed by atoms with Gasteiger partial charge in [-0.1, -0.05) is 13.8 Å². The van der Waals surface area contributed by atoms with E-state index in [4.69, 9.17) is 9.47 Å². The van der Waals surface area contributed by atoms with Crippen LogP contribution < -0.4 is 9.47 Å². The number of hydrogen-bond acceptors (Lipinski definition) is 4. The zero-order valence-electron chi connectivity index (χ0n) is 12.6. The minimum atomic E-state index is -0.186. The third-order valence-corrected chi connectivity index (χ3v) is 4.81. The third kappa shape index (κ3) is 2.55. The van der Waals surface area contributed by atoms with Gasteiger partial charge in [0.2, 0.25) is 0 Å². The number of carbonyl (C=O) groups is 2. The van der Waals surface area contributed by atoms with E-state index in [1.807, 2.05) is 20.8 Å². The molecule has 0 saturated heterocycles. The first-order valence-electron chi connectivity index (χ1n) is 7.49. The minimum absolute atomic E-state index is 0.128. The van der Waals surface area contributed by atoms with Crippen LogP contribution in [0.3, 0.4) is 0 Å². The van der Waals surface area contributed by atoms with Crippen LogP contribution in [0.1, 0.15) is 32.3 Å². The molecule has 4 nitrogen and oxygen atoms in total. The molecule has 4 heterocycles. The van der Waals surface area contributed by atoms with Crippen molar-refractivity contribution in [1.29, 1.82) is 0 Å². The van der Waals surface area contributed by atoms with E-state index >= 15 is 0 Å². The molecule has 4 aliphatic heterocycles. The van der Waals surface area contributed by atoms with Crippen LogP contribution in [0.15, 0.2) is 18.2 Å². The van der Waals surface area contributed by atoms with Gasteiger partial charge in [0.1, 0.15) is 11.5 Å². The molecule has 1 aromatic carbocycles. The average molecular weight is 288 g/mol. The van der Waals surface area contributed by atoms with Gasteiger partial charge in [0.05, 0.1) is 11.8 Å². The van der Waals surface area contributed by atoms with Gasteiger partial charge in [0, 0.05) is 0 Å². The first-order chi connectivity index (χ1) is 9.95. The lowest BCUT2D eigenvalue weighted by atomic mass is 9.69. The van der Waals surface area contributed by atoms with Gasteiger partial charge in [0.15, 0.2) is 0 Å². The number of aryl methyl sites for hydroxylation is 1. The fourth-order valence-electron chi connectivity index (χ4n) is 3.43. The van der Waals surface area contributed by atoms with Gasteiger partial charge in [-0.2, -0.15) is 0 Å². The molecule has 1 saturated carbocycles. The van der Waals surface area contributed by atoms with Crippen molar-refractivity contribution in [1.82, 2.24) is 0 Å². The highest BCUT2D eigenvalue weighted by Crippen LogP contribution is 2.40. The maximum Gasteiger partial charge on any atom is 0.314 e. The molecule has 1 fully saturated rings. The Morgan fingerprint density at radius 3 is 2.10 bits per heavy atom. The molecule has 4 atom stereocenters. The van der Waals surface area contributed by atoms with Gasteiger partial charge in [-0.3, -0.25) is 9.59 Å². The van der Waals surface area contributed by atoms with Gasteiger partial charge in [-0.05, 0) is 55.4 Å². The van der Waals surface area contributed by atoms with Crippen LogP contribution in [0.2, 0.25) is 0 Å². The zero-order chi connectivity index (χ0) is 15.1. The van der Waals surface area contributed by atoms with Crippen LogP contribution in [0, 0.1) is 30.6 Å².